The predicted octanol–water partition coefficient (Wildman–Crippen LogP) is 1.21. The molecule has 7 heteroatoms. The topological polar surface area (TPSA) is 121 Å². The number of amides is 1. The molecule has 1 amide bonds. The summed E-state index contributed by atoms with van der Waals surface area (Å²) in [4.78, 5) is 44.2. The van der Waals surface area contributed by atoms with Crippen molar-refractivity contribution in [2.75, 3.05) is 0 Å². The van der Waals surface area contributed by atoms with E-state index in [1.807, 2.05) is 0 Å². The van der Waals surface area contributed by atoms with Gasteiger partial charge in [0.25, 0.3) is 0 Å². The van der Waals surface area contributed by atoms with Crippen LogP contribution in [0.4, 0.5) is 0 Å². The van der Waals surface area contributed by atoms with E-state index in [1.165, 1.54) is 6.92 Å². The monoisotopic (exact) mass is 301 g/mol. The normalized spacial score (nSPS) is 12.5. The van der Waals surface area contributed by atoms with Crippen LogP contribution in [0.5, 0.6) is 0 Å². The predicted molar refractivity (Wildman–Crippen MR) is 74.7 cm³/mol. The van der Waals surface area contributed by atoms with Gasteiger partial charge in [0, 0.05) is 12.8 Å². The molecule has 0 saturated heterocycles. The van der Waals surface area contributed by atoms with Crippen molar-refractivity contribution in [2.24, 2.45) is 5.41 Å². The fourth-order valence-electron chi connectivity index (χ4n) is 1.82. The Morgan fingerprint density at radius 3 is 2.10 bits per heavy atom. The number of hydrogen-bond acceptors (Lipinski definition) is 4. The van der Waals surface area contributed by atoms with Gasteiger partial charge in [-0.05, 0) is 25.2 Å². The van der Waals surface area contributed by atoms with Gasteiger partial charge in [0.1, 0.15) is 11.8 Å². The van der Waals surface area contributed by atoms with E-state index in [9.17, 15) is 19.2 Å². The number of rotatable bonds is 10. The molecule has 3 N–H and O–H groups in total. The smallest absolute Gasteiger partial charge is 0.326 e. The Labute approximate surface area is 123 Å². The third-order valence-corrected chi connectivity index (χ3v) is 3.08. The highest BCUT2D eigenvalue weighted by molar-refractivity contribution is 5.84. The van der Waals surface area contributed by atoms with Crippen LogP contribution >= 0.6 is 0 Å². The maximum Gasteiger partial charge on any atom is 0.326 e. The summed E-state index contributed by atoms with van der Waals surface area (Å²) in [5.41, 5.74) is -0.540. The SMILES string of the molecule is CC(=O)CCC(NC(=O)CCC(C)(C)CC(=O)O)C(=O)O. The quantitative estimate of drug-likeness (QED) is 0.557. The minimum Gasteiger partial charge on any atom is -0.481 e. The van der Waals surface area contributed by atoms with E-state index in [4.69, 9.17) is 10.2 Å². The third-order valence-electron chi connectivity index (χ3n) is 3.08. The molecule has 1 atom stereocenters. The molecule has 0 aromatic rings. The lowest BCUT2D eigenvalue weighted by atomic mass is 9.84. The van der Waals surface area contributed by atoms with Gasteiger partial charge in [0.05, 0.1) is 6.42 Å². The average Bonchev–Trinajstić information content (AvgIpc) is 2.29. The van der Waals surface area contributed by atoms with Crippen molar-refractivity contribution in [3.8, 4) is 0 Å². The first-order valence-corrected chi connectivity index (χ1v) is 6.77. The van der Waals surface area contributed by atoms with Crippen LogP contribution in [0.25, 0.3) is 0 Å². The molecule has 0 bridgehead atoms. The molecule has 0 aliphatic heterocycles. The van der Waals surface area contributed by atoms with Crippen LogP contribution in [0, 0.1) is 5.41 Å². The first-order valence-electron chi connectivity index (χ1n) is 6.77. The van der Waals surface area contributed by atoms with E-state index >= 15 is 0 Å². The molecule has 7 nitrogen and oxygen atoms in total. The summed E-state index contributed by atoms with van der Waals surface area (Å²) in [7, 11) is 0. The minimum atomic E-state index is -1.19. The fourth-order valence-corrected chi connectivity index (χ4v) is 1.82. The Morgan fingerprint density at radius 1 is 1.10 bits per heavy atom. The average molecular weight is 301 g/mol. The maximum absolute atomic E-state index is 11.7. The Morgan fingerprint density at radius 2 is 1.67 bits per heavy atom. The Bertz CT molecular complexity index is 416. The van der Waals surface area contributed by atoms with Gasteiger partial charge >= 0.3 is 11.9 Å². The Balaban J connectivity index is 4.35. The zero-order chi connectivity index (χ0) is 16.6. The third kappa shape index (κ3) is 9.59. The summed E-state index contributed by atoms with van der Waals surface area (Å²) < 4.78 is 0. The first kappa shape index (κ1) is 19.1. The van der Waals surface area contributed by atoms with Crippen molar-refractivity contribution in [2.45, 2.75) is 58.9 Å². The van der Waals surface area contributed by atoms with Crippen LogP contribution in [0.3, 0.4) is 0 Å². The molecule has 0 spiro atoms. The number of aliphatic carboxylic acids is 2. The molecule has 0 aromatic carbocycles. The van der Waals surface area contributed by atoms with Gasteiger partial charge < -0.3 is 20.3 Å². The molecule has 0 aliphatic carbocycles. The van der Waals surface area contributed by atoms with Gasteiger partial charge in [-0.15, -0.1) is 0 Å². The lowest BCUT2D eigenvalue weighted by Gasteiger charge is -2.22. The fraction of sp³-hybridized carbons (Fsp3) is 0.714. The summed E-state index contributed by atoms with van der Waals surface area (Å²) in [5, 5.41) is 20.1. The molecule has 0 radical (unpaired) electrons. The van der Waals surface area contributed by atoms with Crippen LogP contribution in [-0.2, 0) is 19.2 Å². The molecular formula is C14H23NO6. The van der Waals surface area contributed by atoms with Gasteiger partial charge in [-0.25, -0.2) is 4.79 Å². The molecule has 0 aliphatic rings. The van der Waals surface area contributed by atoms with Crippen molar-refractivity contribution in [3.05, 3.63) is 0 Å². The second kappa shape index (κ2) is 8.39. The number of nitrogens with one attached hydrogen (secondary N) is 1. The zero-order valence-electron chi connectivity index (χ0n) is 12.6. The lowest BCUT2D eigenvalue weighted by Crippen LogP contribution is -2.41. The van der Waals surface area contributed by atoms with Crippen molar-refractivity contribution >= 4 is 23.6 Å². The lowest BCUT2D eigenvalue weighted by molar-refractivity contribution is -0.142. The number of carboxylic acids is 2. The summed E-state index contributed by atoms with van der Waals surface area (Å²) in [6, 6.07) is -1.09. The van der Waals surface area contributed by atoms with Gasteiger partial charge in [-0.3, -0.25) is 9.59 Å². The van der Waals surface area contributed by atoms with E-state index < -0.39 is 29.3 Å². The molecule has 0 heterocycles. The van der Waals surface area contributed by atoms with Crippen LogP contribution in [-0.4, -0.2) is 39.9 Å². The highest BCUT2D eigenvalue weighted by Crippen LogP contribution is 2.26. The second-order valence-corrected chi connectivity index (χ2v) is 5.93. The minimum absolute atomic E-state index is 0.0458. The van der Waals surface area contributed by atoms with Crippen LogP contribution < -0.4 is 5.32 Å². The number of ketones is 1. The summed E-state index contributed by atoms with van der Waals surface area (Å²) in [6.45, 7) is 4.83. The van der Waals surface area contributed by atoms with E-state index in [0.29, 0.717) is 6.42 Å². The summed E-state index contributed by atoms with van der Waals surface area (Å²) in [5.74, 6) is -2.72. The molecule has 0 fully saturated rings. The number of hydrogen-bond donors (Lipinski definition) is 3. The van der Waals surface area contributed by atoms with Crippen LogP contribution in [0.1, 0.15) is 52.9 Å². The second-order valence-electron chi connectivity index (χ2n) is 5.93. The summed E-state index contributed by atoms with van der Waals surface area (Å²) >= 11 is 0. The molecule has 21 heavy (non-hydrogen) atoms. The largest absolute Gasteiger partial charge is 0.481 e. The zero-order valence-corrected chi connectivity index (χ0v) is 12.6. The van der Waals surface area contributed by atoms with E-state index in [2.05, 4.69) is 5.32 Å². The van der Waals surface area contributed by atoms with Gasteiger partial charge in [0.15, 0.2) is 0 Å². The molecular weight excluding hydrogens is 278 g/mol. The number of carbonyl (C=O) groups is 4. The van der Waals surface area contributed by atoms with Crippen molar-refractivity contribution < 1.29 is 29.4 Å². The van der Waals surface area contributed by atoms with Gasteiger partial charge in [0.2, 0.25) is 5.91 Å². The maximum atomic E-state index is 11.7. The molecule has 120 valence electrons. The number of Topliss-reactive ketones (excluding diaryl/α,β-unsaturated/α-hetero) is 1. The van der Waals surface area contributed by atoms with Gasteiger partial charge in [-0.2, -0.15) is 0 Å². The number of carbonyl (C=O) groups excluding carboxylic acids is 2. The van der Waals surface area contributed by atoms with Crippen molar-refractivity contribution in [1.82, 2.24) is 5.32 Å². The van der Waals surface area contributed by atoms with E-state index in [-0.39, 0.29) is 31.5 Å². The molecule has 0 rings (SSSR count). The van der Waals surface area contributed by atoms with Gasteiger partial charge in [-0.1, -0.05) is 13.8 Å². The molecule has 0 aromatic heterocycles. The van der Waals surface area contributed by atoms with Crippen molar-refractivity contribution in [1.29, 1.82) is 0 Å². The highest BCUT2D eigenvalue weighted by Gasteiger charge is 2.25. The standard InChI is InChI=1S/C14H23NO6/c1-9(16)4-5-10(13(20)21)15-11(17)6-7-14(2,3)8-12(18)19/h10H,4-8H2,1-3H3,(H,15,17)(H,18,19)(H,20,21). The summed E-state index contributed by atoms with van der Waals surface area (Å²) in [6.07, 6.45) is 0.456. The number of carboxylic acid groups (broad SMARTS) is 2. The Kier molecular flexibility index (Phi) is 7.62. The van der Waals surface area contributed by atoms with Crippen LogP contribution in [0.2, 0.25) is 0 Å². The molecule has 0 saturated carbocycles. The van der Waals surface area contributed by atoms with E-state index in [1.54, 1.807) is 13.8 Å². The first-order chi connectivity index (χ1) is 9.53. The van der Waals surface area contributed by atoms with Crippen molar-refractivity contribution in [3.63, 3.8) is 0 Å². The molecule has 1 unspecified atom stereocenters. The van der Waals surface area contributed by atoms with Crippen LogP contribution in [0.15, 0.2) is 0 Å². The highest BCUT2D eigenvalue weighted by atomic mass is 16.4. The van der Waals surface area contributed by atoms with E-state index in [0.717, 1.165) is 0 Å². The Hall–Kier alpha value is -1.92.